The summed E-state index contributed by atoms with van der Waals surface area (Å²) in [4.78, 5) is 19.8. The van der Waals surface area contributed by atoms with Gasteiger partial charge >= 0.3 is 6.18 Å². The van der Waals surface area contributed by atoms with E-state index in [1.807, 2.05) is 0 Å². The lowest BCUT2D eigenvalue weighted by Crippen LogP contribution is -2.45. The SMILES string of the molecule is CC(C)(CF)NC(=O)c1nn(-c2cnc(C(F)(F)F)cn2)c2c1C[C@H]1C[C@@H]21. The second-order valence-electron chi connectivity index (χ2n) is 7.66. The fraction of sp³-hybridized carbons (Fsp3) is 0.529. The predicted octanol–water partition coefficient (Wildman–Crippen LogP) is 2.82. The Bertz CT molecular complexity index is 903. The van der Waals surface area contributed by atoms with Gasteiger partial charge in [0.05, 0.1) is 23.6 Å². The molecule has 2 aliphatic carbocycles. The number of rotatable bonds is 4. The summed E-state index contributed by atoms with van der Waals surface area (Å²) >= 11 is 0. The van der Waals surface area contributed by atoms with Crippen molar-refractivity contribution in [1.29, 1.82) is 0 Å². The van der Waals surface area contributed by atoms with Crippen molar-refractivity contribution in [3.8, 4) is 5.82 Å². The molecule has 0 spiro atoms. The third-order valence-corrected chi connectivity index (χ3v) is 4.91. The molecule has 1 fully saturated rings. The molecule has 10 heteroatoms. The molecule has 2 aliphatic rings. The Labute approximate surface area is 152 Å². The number of carbonyl (C=O) groups is 1. The van der Waals surface area contributed by atoms with Crippen LogP contribution in [0.5, 0.6) is 0 Å². The highest BCUT2D eigenvalue weighted by Gasteiger charge is 2.50. The fourth-order valence-corrected chi connectivity index (χ4v) is 3.45. The molecule has 144 valence electrons. The minimum absolute atomic E-state index is 0.121. The number of halogens is 4. The molecule has 2 heterocycles. The molecule has 0 bridgehead atoms. The number of fused-ring (bicyclic) bond motifs is 3. The molecule has 6 nitrogen and oxygen atoms in total. The van der Waals surface area contributed by atoms with Crippen LogP contribution in [0.15, 0.2) is 12.4 Å². The first kappa shape index (κ1) is 17.9. The van der Waals surface area contributed by atoms with Crippen LogP contribution in [-0.4, -0.2) is 37.9 Å². The van der Waals surface area contributed by atoms with Crippen LogP contribution in [0.2, 0.25) is 0 Å². The van der Waals surface area contributed by atoms with Crippen molar-refractivity contribution in [2.45, 2.75) is 44.3 Å². The Hall–Kier alpha value is -2.52. The highest BCUT2D eigenvalue weighted by molar-refractivity contribution is 5.95. The van der Waals surface area contributed by atoms with E-state index in [0.29, 0.717) is 18.5 Å². The van der Waals surface area contributed by atoms with Crippen molar-refractivity contribution in [3.63, 3.8) is 0 Å². The number of aromatic nitrogens is 4. The quantitative estimate of drug-likeness (QED) is 0.824. The fourth-order valence-electron chi connectivity index (χ4n) is 3.45. The van der Waals surface area contributed by atoms with Crippen LogP contribution in [0.3, 0.4) is 0 Å². The third-order valence-electron chi connectivity index (χ3n) is 4.91. The summed E-state index contributed by atoms with van der Waals surface area (Å²) in [7, 11) is 0. The van der Waals surface area contributed by atoms with Crippen LogP contribution < -0.4 is 5.32 Å². The van der Waals surface area contributed by atoms with Crippen molar-refractivity contribution < 1.29 is 22.4 Å². The van der Waals surface area contributed by atoms with Gasteiger partial charge in [-0.25, -0.2) is 19.0 Å². The van der Waals surface area contributed by atoms with Crippen LogP contribution in [0.1, 0.15) is 53.6 Å². The Morgan fingerprint density at radius 1 is 1.30 bits per heavy atom. The first-order valence-electron chi connectivity index (χ1n) is 8.50. The third kappa shape index (κ3) is 3.06. The summed E-state index contributed by atoms with van der Waals surface area (Å²) < 4.78 is 52.6. The van der Waals surface area contributed by atoms with E-state index in [-0.39, 0.29) is 17.4 Å². The monoisotopic (exact) mass is 383 g/mol. The zero-order valence-corrected chi connectivity index (χ0v) is 14.6. The molecule has 1 saturated carbocycles. The number of carbonyl (C=O) groups excluding carboxylic acids is 1. The Morgan fingerprint density at radius 3 is 2.63 bits per heavy atom. The van der Waals surface area contributed by atoms with Gasteiger partial charge in [0, 0.05) is 11.5 Å². The topological polar surface area (TPSA) is 72.7 Å². The van der Waals surface area contributed by atoms with Crippen LogP contribution in [0, 0.1) is 5.92 Å². The van der Waals surface area contributed by atoms with Gasteiger partial charge in [0.1, 0.15) is 6.67 Å². The van der Waals surface area contributed by atoms with E-state index in [1.54, 1.807) is 13.8 Å². The largest absolute Gasteiger partial charge is 0.434 e. The van der Waals surface area contributed by atoms with E-state index in [9.17, 15) is 22.4 Å². The number of hydrogen-bond donors (Lipinski definition) is 1. The van der Waals surface area contributed by atoms with E-state index in [1.165, 1.54) is 4.68 Å². The molecule has 2 aromatic rings. The van der Waals surface area contributed by atoms with Crippen LogP contribution >= 0.6 is 0 Å². The second-order valence-corrected chi connectivity index (χ2v) is 7.66. The van der Waals surface area contributed by atoms with Gasteiger partial charge in [-0.3, -0.25) is 4.79 Å². The maximum Gasteiger partial charge on any atom is 0.434 e. The molecule has 1 amide bonds. The molecule has 0 aromatic carbocycles. The van der Waals surface area contributed by atoms with E-state index in [4.69, 9.17) is 0 Å². The maximum atomic E-state index is 13.0. The molecule has 4 rings (SSSR count). The molecule has 0 unspecified atom stereocenters. The lowest BCUT2D eigenvalue weighted by molar-refractivity contribution is -0.141. The zero-order valence-electron chi connectivity index (χ0n) is 14.6. The summed E-state index contributed by atoms with van der Waals surface area (Å²) in [5, 5.41) is 6.89. The van der Waals surface area contributed by atoms with Gasteiger partial charge in [-0.1, -0.05) is 0 Å². The van der Waals surface area contributed by atoms with Crippen molar-refractivity contribution in [2.75, 3.05) is 6.67 Å². The van der Waals surface area contributed by atoms with E-state index >= 15 is 0 Å². The highest BCUT2D eigenvalue weighted by Crippen LogP contribution is 2.57. The second kappa shape index (κ2) is 5.74. The standard InChI is InChI=1S/C17H17F4N5O/c1-16(2,7-18)24-15(27)13-10-4-8-3-9(8)14(10)26(25-13)12-6-22-11(5-23-12)17(19,20)21/h5-6,8-9H,3-4,7H2,1-2H3,(H,24,27)/t8-,9-/m1/s1. The summed E-state index contributed by atoms with van der Waals surface area (Å²) in [5.74, 6) is 0.240. The molecule has 2 atom stereocenters. The van der Waals surface area contributed by atoms with Crippen LogP contribution in [-0.2, 0) is 12.6 Å². The molecule has 1 N–H and O–H groups in total. The maximum absolute atomic E-state index is 13.0. The van der Waals surface area contributed by atoms with E-state index in [0.717, 1.165) is 23.9 Å². The van der Waals surface area contributed by atoms with Crippen LogP contribution in [0.25, 0.3) is 5.82 Å². The first-order valence-corrected chi connectivity index (χ1v) is 8.50. The zero-order chi connectivity index (χ0) is 19.6. The highest BCUT2D eigenvalue weighted by atomic mass is 19.4. The number of alkyl halides is 4. The van der Waals surface area contributed by atoms with Gasteiger partial charge in [-0.15, -0.1) is 0 Å². The minimum atomic E-state index is -4.58. The number of amides is 1. The minimum Gasteiger partial charge on any atom is -0.343 e. The normalized spacial score (nSPS) is 21.0. The summed E-state index contributed by atoms with van der Waals surface area (Å²) in [6, 6.07) is 0. The Morgan fingerprint density at radius 2 is 2.04 bits per heavy atom. The molecular weight excluding hydrogens is 366 g/mol. The lowest BCUT2D eigenvalue weighted by Gasteiger charge is -2.21. The average Bonchev–Trinajstić information content (AvgIpc) is 3.10. The van der Waals surface area contributed by atoms with Crippen molar-refractivity contribution in [3.05, 3.63) is 35.0 Å². The van der Waals surface area contributed by atoms with Gasteiger partial charge in [-0.2, -0.15) is 18.3 Å². The Balaban J connectivity index is 1.72. The van der Waals surface area contributed by atoms with E-state index in [2.05, 4.69) is 20.4 Å². The van der Waals surface area contributed by atoms with Gasteiger partial charge in [0.15, 0.2) is 17.2 Å². The molecule has 0 radical (unpaired) electrons. The van der Waals surface area contributed by atoms with Crippen molar-refractivity contribution in [1.82, 2.24) is 25.1 Å². The van der Waals surface area contributed by atoms with Crippen molar-refractivity contribution in [2.24, 2.45) is 5.92 Å². The summed E-state index contributed by atoms with van der Waals surface area (Å²) in [5.41, 5.74) is -0.423. The summed E-state index contributed by atoms with van der Waals surface area (Å²) in [6.45, 7) is 2.37. The molecule has 27 heavy (non-hydrogen) atoms. The van der Waals surface area contributed by atoms with Gasteiger partial charge in [0.2, 0.25) is 0 Å². The smallest absolute Gasteiger partial charge is 0.343 e. The lowest BCUT2D eigenvalue weighted by atomic mass is 10.1. The number of hydrogen-bond acceptors (Lipinski definition) is 4. The predicted molar refractivity (Wildman–Crippen MR) is 86.2 cm³/mol. The molecule has 0 aliphatic heterocycles. The first-order chi connectivity index (χ1) is 12.6. The van der Waals surface area contributed by atoms with Gasteiger partial charge in [0.25, 0.3) is 5.91 Å². The van der Waals surface area contributed by atoms with Gasteiger partial charge in [-0.05, 0) is 32.6 Å². The number of nitrogens with zero attached hydrogens (tertiary/aromatic N) is 4. The average molecular weight is 383 g/mol. The number of nitrogens with one attached hydrogen (secondary N) is 1. The molecular formula is C17H17F4N5O. The summed E-state index contributed by atoms with van der Waals surface area (Å²) in [6.07, 6.45) is -1.31. The molecule has 0 saturated heterocycles. The van der Waals surface area contributed by atoms with Crippen molar-refractivity contribution >= 4 is 5.91 Å². The Kier molecular flexibility index (Phi) is 3.80. The van der Waals surface area contributed by atoms with Crippen LogP contribution in [0.4, 0.5) is 17.6 Å². The van der Waals surface area contributed by atoms with E-state index < -0.39 is 30.0 Å². The van der Waals surface area contributed by atoms with Gasteiger partial charge < -0.3 is 5.32 Å². The molecule has 2 aromatic heterocycles.